The molecule has 7 heteroatoms. The van der Waals surface area contributed by atoms with E-state index >= 15 is 0 Å². The second-order valence-corrected chi connectivity index (χ2v) is 16.5. The SMILES string of the molecule is CC1(C)OCC(C[C@H]2CCCC(C[C@H](CC(=O)O)O[Si](c3ccccc3)(c3ccccc3)C(C)(C)C)O2)O1. The molecule has 1 N–H and O–H groups in total. The molecule has 2 heterocycles. The molecule has 0 amide bonds. The van der Waals surface area contributed by atoms with Gasteiger partial charge in [-0.05, 0) is 54.9 Å². The number of benzene rings is 2. The van der Waals surface area contributed by atoms with Crippen molar-refractivity contribution in [3.05, 3.63) is 60.7 Å². The molecule has 0 bridgehead atoms. The highest BCUT2D eigenvalue weighted by Gasteiger charge is 2.52. The summed E-state index contributed by atoms with van der Waals surface area (Å²) in [7, 11) is -2.88. The zero-order valence-electron chi connectivity index (χ0n) is 23.5. The average molecular weight is 541 g/mol. The molecule has 2 aromatic carbocycles. The van der Waals surface area contributed by atoms with Crippen LogP contribution >= 0.6 is 0 Å². The summed E-state index contributed by atoms with van der Waals surface area (Å²) in [4.78, 5) is 12.1. The van der Waals surface area contributed by atoms with Gasteiger partial charge in [0, 0.05) is 6.42 Å². The molecule has 0 radical (unpaired) electrons. The third-order valence-corrected chi connectivity index (χ3v) is 12.8. The van der Waals surface area contributed by atoms with Crippen LogP contribution in [0.1, 0.15) is 73.1 Å². The van der Waals surface area contributed by atoms with Crippen molar-refractivity contribution in [2.45, 2.75) is 108 Å². The Labute approximate surface area is 228 Å². The van der Waals surface area contributed by atoms with Gasteiger partial charge in [-0.3, -0.25) is 4.79 Å². The highest BCUT2D eigenvalue weighted by Crippen LogP contribution is 2.39. The maximum atomic E-state index is 12.1. The number of ether oxygens (including phenoxy) is 3. The van der Waals surface area contributed by atoms with Crippen LogP contribution in [0.5, 0.6) is 0 Å². The van der Waals surface area contributed by atoms with Gasteiger partial charge in [0.05, 0.1) is 37.4 Å². The van der Waals surface area contributed by atoms with E-state index in [9.17, 15) is 9.90 Å². The van der Waals surface area contributed by atoms with Crippen LogP contribution < -0.4 is 10.4 Å². The second kappa shape index (κ2) is 12.0. The quantitative estimate of drug-likeness (QED) is 0.414. The smallest absolute Gasteiger partial charge is 0.305 e. The summed E-state index contributed by atoms with van der Waals surface area (Å²) < 4.78 is 25.5. The van der Waals surface area contributed by atoms with E-state index in [1.54, 1.807) is 0 Å². The van der Waals surface area contributed by atoms with Crippen molar-refractivity contribution in [2.24, 2.45) is 0 Å². The topological polar surface area (TPSA) is 74.2 Å². The van der Waals surface area contributed by atoms with Crippen molar-refractivity contribution in [3.8, 4) is 0 Å². The lowest BCUT2D eigenvalue weighted by atomic mass is 9.96. The Kier molecular flexibility index (Phi) is 9.15. The second-order valence-electron chi connectivity index (χ2n) is 12.2. The molecule has 2 aromatic rings. The molecule has 6 nitrogen and oxygen atoms in total. The monoisotopic (exact) mass is 540 g/mol. The molecule has 2 unspecified atom stereocenters. The lowest BCUT2D eigenvalue weighted by molar-refractivity contribution is -0.147. The largest absolute Gasteiger partial charge is 0.481 e. The van der Waals surface area contributed by atoms with Gasteiger partial charge in [-0.25, -0.2) is 0 Å². The van der Waals surface area contributed by atoms with Crippen molar-refractivity contribution < 1.29 is 28.5 Å². The van der Waals surface area contributed by atoms with E-state index in [0.717, 1.165) is 36.1 Å². The molecular formula is C31H44O6Si. The number of aliphatic carboxylic acids is 1. The normalized spacial score (nSPS) is 24.7. The van der Waals surface area contributed by atoms with Gasteiger partial charge in [0.25, 0.3) is 8.32 Å². The molecule has 0 aliphatic carbocycles. The Morgan fingerprint density at radius 1 is 1.00 bits per heavy atom. The van der Waals surface area contributed by atoms with E-state index in [1.165, 1.54) is 0 Å². The Bertz CT molecular complexity index is 996. The highest BCUT2D eigenvalue weighted by atomic mass is 28.4. The maximum Gasteiger partial charge on any atom is 0.305 e. The van der Waals surface area contributed by atoms with E-state index in [1.807, 2.05) is 50.2 Å². The van der Waals surface area contributed by atoms with Crippen LogP contribution in [0, 0.1) is 0 Å². The third kappa shape index (κ3) is 6.93. The van der Waals surface area contributed by atoms with Gasteiger partial charge in [0.1, 0.15) is 0 Å². The molecule has 0 aromatic heterocycles. The molecule has 208 valence electrons. The molecule has 2 fully saturated rings. The van der Waals surface area contributed by atoms with Crippen LogP contribution in [0.4, 0.5) is 0 Å². The zero-order chi connectivity index (χ0) is 27.4. The summed E-state index contributed by atoms with van der Waals surface area (Å²) in [6, 6.07) is 20.8. The van der Waals surface area contributed by atoms with Crippen LogP contribution in [0.25, 0.3) is 0 Å². The fourth-order valence-electron chi connectivity index (χ4n) is 6.10. The van der Waals surface area contributed by atoms with Crippen LogP contribution in [0.15, 0.2) is 60.7 Å². The molecular weight excluding hydrogens is 496 g/mol. The molecule has 2 saturated heterocycles. The predicted molar refractivity (Wildman–Crippen MR) is 151 cm³/mol. The number of carboxylic acid groups (broad SMARTS) is 1. The number of hydrogen-bond donors (Lipinski definition) is 1. The van der Waals surface area contributed by atoms with Gasteiger partial charge in [-0.15, -0.1) is 0 Å². The molecule has 2 aliphatic rings. The van der Waals surface area contributed by atoms with Crippen LogP contribution in [-0.4, -0.2) is 56.2 Å². The molecule has 4 rings (SSSR count). The minimum Gasteiger partial charge on any atom is -0.481 e. The third-order valence-electron chi connectivity index (χ3n) is 7.72. The summed E-state index contributed by atoms with van der Waals surface area (Å²) in [5.41, 5.74) is 0. The van der Waals surface area contributed by atoms with Gasteiger partial charge in [-0.2, -0.15) is 0 Å². The summed E-state index contributed by atoms with van der Waals surface area (Å²) in [5.74, 6) is -1.39. The number of rotatable bonds is 10. The molecule has 0 spiro atoms. The van der Waals surface area contributed by atoms with Crippen LogP contribution in [0.3, 0.4) is 0 Å². The number of carbonyl (C=O) groups is 1. The van der Waals surface area contributed by atoms with Crippen molar-refractivity contribution in [3.63, 3.8) is 0 Å². The summed E-state index contributed by atoms with van der Waals surface area (Å²) in [6.45, 7) is 11.1. The first kappa shape index (κ1) is 29.0. The van der Waals surface area contributed by atoms with Gasteiger partial charge >= 0.3 is 5.97 Å². The fraction of sp³-hybridized carbons (Fsp3) is 0.581. The van der Waals surface area contributed by atoms with Gasteiger partial charge in [-0.1, -0.05) is 81.4 Å². The van der Waals surface area contributed by atoms with E-state index < -0.39 is 26.2 Å². The summed E-state index contributed by atoms with van der Waals surface area (Å²) >= 11 is 0. The van der Waals surface area contributed by atoms with E-state index in [2.05, 4.69) is 45.0 Å². The van der Waals surface area contributed by atoms with E-state index in [4.69, 9.17) is 18.6 Å². The average Bonchev–Trinajstić information content (AvgIpc) is 3.20. The first-order chi connectivity index (χ1) is 18.0. The number of carboxylic acids is 1. The zero-order valence-corrected chi connectivity index (χ0v) is 24.5. The molecule has 2 aliphatic heterocycles. The van der Waals surface area contributed by atoms with Crippen molar-refractivity contribution in [2.75, 3.05) is 6.61 Å². The standard InChI is InChI=1S/C31H44O6Si/c1-30(2,3)38(27-15-8-6-9-16-27,28-17-10-7-11-18-28)37-25(21-29(32)33)19-23-13-12-14-24(35-23)20-26-22-34-31(4,5)36-26/h6-11,15-18,23-26H,12-14,19-22H2,1-5H3,(H,32,33)/t23?,24-,25-,26?/m1/s1. The van der Waals surface area contributed by atoms with Gasteiger partial charge in [0.15, 0.2) is 5.79 Å². The summed E-state index contributed by atoms with van der Waals surface area (Å²) in [5, 5.41) is 12.0. The Balaban J connectivity index is 1.58. The lowest BCUT2D eigenvalue weighted by Crippen LogP contribution is -2.68. The van der Waals surface area contributed by atoms with Crippen LogP contribution in [-0.2, 0) is 23.4 Å². The van der Waals surface area contributed by atoms with Crippen molar-refractivity contribution >= 4 is 24.7 Å². The van der Waals surface area contributed by atoms with Gasteiger partial charge < -0.3 is 23.7 Å². The Morgan fingerprint density at radius 2 is 1.58 bits per heavy atom. The predicted octanol–water partition coefficient (Wildman–Crippen LogP) is 5.28. The highest BCUT2D eigenvalue weighted by molar-refractivity contribution is 6.99. The first-order valence-corrected chi connectivity index (χ1v) is 15.9. The van der Waals surface area contributed by atoms with E-state index in [-0.39, 0.29) is 29.8 Å². The minimum atomic E-state index is -2.88. The van der Waals surface area contributed by atoms with Gasteiger partial charge in [0.2, 0.25) is 0 Å². The fourth-order valence-corrected chi connectivity index (χ4v) is 10.8. The van der Waals surface area contributed by atoms with E-state index in [0.29, 0.717) is 13.0 Å². The number of hydrogen-bond acceptors (Lipinski definition) is 5. The molecule has 38 heavy (non-hydrogen) atoms. The molecule has 0 saturated carbocycles. The Morgan fingerprint density at radius 3 is 2.08 bits per heavy atom. The minimum absolute atomic E-state index is 0.0249. The maximum absolute atomic E-state index is 12.1. The molecule has 4 atom stereocenters. The lowest BCUT2D eigenvalue weighted by Gasteiger charge is -2.45. The van der Waals surface area contributed by atoms with Crippen LogP contribution in [0.2, 0.25) is 5.04 Å². The van der Waals surface area contributed by atoms with Crippen molar-refractivity contribution in [1.29, 1.82) is 0 Å². The summed E-state index contributed by atoms with van der Waals surface area (Å²) in [6.07, 6.45) is 3.82. The van der Waals surface area contributed by atoms with Crippen molar-refractivity contribution in [1.82, 2.24) is 0 Å². The Hall–Kier alpha value is -2.03. The first-order valence-electron chi connectivity index (χ1n) is 14.0.